The van der Waals surface area contributed by atoms with Gasteiger partial charge in [-0.25, -0.2) is 0 Å². The number of imidazole rings is 1. The van der Waals surface area contributed by atoms with Crippen LogP contribution in [0.4, 0.5) is 0 Å². The summed E-state index contributed by atoms with van der Waals surface area (Å²) in [5.74, 6) is 0. The van der Waals surface area contributed by atoms with Crippen LogP contribution in [0.25, 0.3) is 16.9 Å². The summed E-state index contributed by atoms with van der Waals surface area (Å²) in [5, 5.41) is 0.926. The average molecular weight is 400 g/mol. The molecule has 0 saturated heterocycles. The summed E-state index contributed by atoms with van der Waals surface area (Å²) in [7, 11) is 0. The Bertz CT molecular complexity index is 856. The van der Waals surface area contributed by atoms with E-state index in [-0.39, 0.29) is 0 Å². The number of hydrogen-bond donors (Lipinski definition) is 1. The fraction of sp³-hybridized carbons (Fsp3) is 0. The highest BCUT2D eigenvalue weighted by atomic mass is 79.9. The van der Waals surface area contributed by atoms with Gasteiger partial charge in [0.1, 0.15) is 0 Å². The Labute approximate surface area is 145 Å². The molecule has 0 amide bonds. The summed E-state index contributed by atoms with van der Waals surface area (Å²) in [6.07, 6.45) is 1.87. The standard InChI is InChI=1S/C15H9BrCl2N2S/c16-10-6-7-11(14(18)13(10)17)20-12(8-19-15(20)21)9-4-2-1-3-5-9/h1-8H,(H,19,21). The van der Waals surface area contributed by atoms with Gasteiger partial charge in [-0.15, -0.1) is 0 Å². The van der Waals surface area contributed by atoms with E-state index in [1.807, 2.05) is 53.2 Å². The minimum absolute atomic E-state index is 0.457. The van der Waals surface area contributed by atoms with Crippen molar-refractivity contribution in [2.45, 2.75) is 0 Å². The van der Waals surface area contributed by atoms with E-state index in [4.69, 9.17) is 35.4 Å². The maximum absolute atomic E-state index is 6.38. The first-order chi connectivity index (χ1) is 10.1. The lowest BCUT2D eigenvalue weighted by Crippen LogP contribution is -1.98. The van der Waals surface area contributed by atoms with Gasteiger partial charge in [0.15, 0.2) is 4.77 Å². The van der Waals surface area contributed by atoms with E-state index in [0.29, 0.717) is 14.8 Å². The van der Waals surface area contributed by atoms with E-state index < -0.39 is 0 Å². The van der Waals surface area contributed by atoms with E-state index in [1.165, 1.54) is 0 Å². The number of rotatable bonds is 2. The Morgan fingerprint density at radius 3 is 2.43 bits per heavy atom. The number of H-pyrrole nitrogens is 1. The highest BCUT2D eigenvalue weighted by molar-refractivity contribution is 9.10. The molecule has 2 nitrogen and oxygen atoms in total. The summed E-state index contributed by atoms with van der Waals surface area (Å²) in [6, 6.07) is 13.7. The smallest absolute Gasteiger partial charge is 0.182 e. The summed E-state index contributed by atoms with van der Waals surface area (Å²) >= 11 is 21.3. The second-order valence-electron chi connectivity index (χ2n) is 4.37. The third kappa shape index (κ3) is 2.69. The first-order valence-electron chi connectivity index (χ1n) is 6.09. The molecule has 0 radical (unpaired) electrons. The molecule has 0 aliphatic rings. The number of benzene rings is 2. The van der Waals surface area contributed by atoms with Crippen molar-refractivity contribution in [3.8, 4) is 16.9 Å². The fourth-order valence-electron chi connectivity index (χ4n) is 2.12. The second kappa shape index (κ2) is 5.97. The summed E-state index contributed by atoms with van der Waals surface area (Å²) in [5.41, 5.74) is 2.72. The zero-order valence-electron chi connectivity index (χ0n) is 10.6. The Morgan fingerprint density at radius 2 is 1.71 bits per heavy atom. The molecule has 106 valence electrons. The molecule has 0 saturated carbocycles. The molecular formula is C15H9BrCl2N2S. The number of nitrogens with zero attached hydrogens (tertiary/aromatic N) is 1. The summed E-state index contributed by atoms with van der Waals surface area (Å²) < 4.78 is 3.20. The number of aromatic nitrogens is 2. The first-order valence-corrected chi connectivity index (χ1v) is 8.05. The molecule has 1 N–H and O–H groups in total. The van der Waals surface area contributed by atoms with Gasteiger partial charge in [-0.05, 0) is 40.3 Å². The lowest BCUT2D eigenvalue weighted by Gasteiger charge is -2.12. The van der Waals surface area contributed by atoms with Crippen LogP contribution in [-0.2, 0) is 0 Å². The van der Waals surface area contributed by atoms with E-state index in [9.17, 15) is 0 Å². The number of hydrogen-bond acceptors (Lipinski definition) is 1. The molecule has 0 atom stereocenters. The molecule has 3 aromatic rings. The summed E-state index contributed by atoms with van der Waals surface area (Å²) in [6.45, 7) is 0. The number of nitrogens with one attached hydrogen (secondary N) is 1. The molecule has 0 unspecified atom stereocenters. The molecule has 0 fully saturated rings. The minimum atomic E-state index is 0.457. The second-order valence-corrected chi connectivity index (χ2v) is 6.37. The van der Waals surface area contributed by atoms with Crippen LogP contribution in [0.3, 0.4) is 0 Å². The highest BCUT2D eigenvalue weighted by Crippen LogP contribution is 2.36. The van der Waals surface area contributed by atoms with Crippen molar-refractivity contribution in [1.29, 1.82) is 0 Å². The van der Waals surface area contributed by atoms with Crippen LogP contribution < -0.4 is 0 Å². The topological polar surface area (TPSA) is 20.7 Å². The van der Waals surface area contributed by atoms with Gasteiger partial charge in [-0.3, -0.25) is 4.57 Å². The maximum atomic E-state index is 6.38. The average Bonchev–Trinajstić information content (AvgIpc) is 2.88. The van der Waals surface area contributed by atoms with Gasteiger partial charge in [-0.1, -0.05) is 53.5 Å². The van der Waals surface area contributed by atoms with E-state index in [2.05, 4.69) is 20.9 Å². The van der Waals surface area contributed by atoms with Crippen LogP contribution in [0.5, 0.6) is 0 Å². The molecule has 0 aliphatic carbocycles. The van der Waals surface area contributed by atoms with E-state index in [1.54, 1.807) is 0 Å². The molecule has 6 heteroatoms. The predicted molar refractivity (Wildman–Crippen MR) is 94.1 cm³/mol. The van der Waals surface area contributed by atoms with Gasteiger partial charge < -0.3 is 4.98 Å². The Balaban J connectivity index is 2.28. The minimum Gasteiger partial charge on any atom is -0.336 e. The van der Waals surface area contributed by atoms with Crippen molar-refractivity contribution in [2.24, 2.45) is 0 Å². The molecule has 0 aliphatic heterocycles. The van der Waals surface area contributed by atoms with Gasteiger partial charge in [0, 0.05) is 16.2 Å². The molecule has 3 rings (SSSR count). The van der Waals surface area contributed by atoms with Crippen molar-refractivity contribution in [3.05, 3.63) is 68.0 Å². The Kier molecular flexibility index (Phi) is 4.22. The van der Waals surface area contributed by atoms with Crippen molar-refractivity contribution < 1.29 is 0 Å². The summed E-state index contributed by atoms with van der Waals surface area (Å²) in [4.78, 5) is 3.06. The van der Waals surface area contributed by atoms with Crippen LogP contribution in [-0.4, -0.2) is 9.55 Å². The largest absolute Gasteiger partial charge is 0.336 e. The molecule has 1 aromatic heterocycles. The van der Waals surface area contributed by atoms with Crippen LogP contribution >= 0.6 is 51.3 Å². The Hall–Kier alpha value is -1.07. The lowest BCUT2D eigenvalue weighted by molar-refractivity contribution is 1.04. The molecule has 0 bridgehead atoms. The Morgan fingerprint density at radius 1 is 1.00 bits per heavy atom. The van der Waals surface area contributed by atoms with Crippen LogP contribution in [0.1, 0.15) is 0 Å². The predicted octanol–water partition coefficient (Wildman–Crippen LogP) is 6.27. The van der Waals surface area contributed by atoms with Crippen LogP contribution in [0.15, 0.2) is 53.1 Å². The lowest BCUT2D eigenvalue weighted by atomic mass is 10.1. The fourth-order valence-corrected chi connectivity index (χ4v) is 3.23. The van der Waals surface area contributed by atoms with Crippen molar-refractivity contribution >= 4 is 51.3 Å². The molecular weight excluding hydrogens is 391 g/mol. The van der Waals surface area contributed by atoms with Gasteiger partial charge in [0.05, 0.1) is 21.4 Å². The third-order valence-electron chi connectivity index (χ3n) is 3.10. The third-order valence-corrected chi connectivity index (χ3v) is 5.16. The first kappa shape index (κ1) is 14.9. The van der Waals surface area contributed by atoms with Gasteiger partial charge in [-0.2, -0.15) is 0 Å². The SMILES string of the molecule is S=c1[nH]cc(-c2ccccc2)n1-c1ccc(Br)c(Cl)c1Cl. The van der Waals surface area contributed by atoms with Crippen LogP contribution in [0.2, 0.25) is 10.0 Å². The van der Waals surface area contributed by atoms with Gasteiger partial charge >= 0.3 is 0 Å². The van der Waals surface area contributed by atoms with E-state index >= 15 is 0 Å². The van der Waals surface area contributed by atoms with Gasteiger partial charge in [0.2, 0.25) is 0 Å². The molecule has 2 aromatic carbocycles. The van der Waals surface area contributed by atoms with Crippen molar-refractivity contribution in [2.75, 3.05) is 0 Å². The quantitative estimate of drug-likeness (QED) is 0.397. The molecule has 1 heterocycles. The molecule has 0 spiro atoms. The van der Waals surface area contributed by atoms with Crippen molar-refractivity contribution in [1.82, 2.24) is 9.55 Å². The zero-order valence-corrected chi connectivity index (χ0v) is 14.5. The van der Waals surface area contributed by atoms with Crippen molar-refractivity contribution in [3.63, 3.8) is 0 Å². The molecule has 21 heavy (non-hydrogen) atoms. The maximum Gasteiger partial charge on any atom is 0.182 e. The number of aromatic amines is 1. The van der Waals surface area contributed by atoms with Gasteiger partial charge in [0.25, 0.3) is 0 Å². The highest BCUT2D eigenvalue weighted by Gasteiger charge is 2.14. The number of halogens is 3. The van der Waals surface area contributed by atoms with Crippen LogP contribution in [0, 0.1) is 4.77 Å². The van der Waals surface area contributed by atoms with E-state index in [0.717, 1.165) is 21.4 Å². The normalized spacial score (nSPS) is 10.8. The monoisotopic (exact) mass is 398 g/mol. The zero-order chi connectivity index (χ0) is 15.0.